The maximum atomic E-state index is 13.7. The Kier molecular flexibility index (Phi) is 3.10. The Labute approximate surface area is 102 Å². The number of rotatable bonds is 2. The van der Waals surface area contributed by atoms with Gasteiger partial charge in [0.1, 0.15) is 11.5 Å². The van der Waals surface area contributed by atoms with Crippen LogP contribution in [0.1, 0.15) is 18.2 Å². The van der Waals surface area contributed by atoms with Crippen LogP contribution in [0.5, 0.6) is 0 Å². The summed E-state index contributed by atoms with van der Waals surface area (Å²) in [6.45, 7) is 3.96. The van der Waals surface area contributed by atoms with Gasteiger partial charge in [0, 0.05) is 11.3 Å². The van der Waals surface area contributed by atoms with E-state index in [1.165, 1.54) is 6.07 Å². The highest BCUT2D eigenvalue weighted by atomic mass is 79.9. The Morgan fingerprint density at radius 1 is 1.44 bits per heavy atom. The van der Waals surface area contributed by atoms with Gasteiger partial charge in [0.2, 0.25) is 0 Å². The molecule has 0 radical (unpaired) electrons. The lowest BCUT2D eigenvalue weighted by Gasteiger charge is -2.02. The first-order chi connectivity index (χ1) is 7.63. The zero-order chi connectivity index (χ0) is 11.7. The van der Waals surface area contributed by atoms with Gasteiger partial charge < -0.3 is 0 Å². The Balaban J connectivity index is 2.58. The molecule has 2 rings (SSSR count). The molecule has 0 spiro atoms. The third-order valence-corrected chi connectivity index (χ3v) is 3.36. The smallest absolute Gasteiger partial charge is 0.132 e. The van der Waals surface area contributed by atoms with Crippen molar-refractivity contribution in [2.24, 2.45) is 0 Å². The van der Waals surface area contributed by atoms with Gasteiger partial charge in [0.15, 0.2) is 0 Å². The molecule has 0 saturated carbocycles. The first-order valence-corrected chi connectivity index (χ1v) is 5.92. The number of hydrogen-bond donors (Lipinski definition) is 1. The molecular weight excluding hydrogens is 271 g/mol. The van der Waals surface area contributed by atoms with Gasteiger partial charge in [0.25, 0.3) is 0 Å². The normalized spacial score (nSPS) is 10.8. The number of aryl methyl sites for hydroxylation is 2. The molecule has 16 heavy (non-hydrogen) atoms. The van der Waals surface area contributed by atoms with Crippen LogP contribution in [0.3, 0.4) is 0 Å². The van der Waals surface area contributed by atoms with Crippen LogP contribution in [0, 0.1) is 12.7 Å². The highest BCUT2D eigenvalue weighted by molar-refractivity contribution is 9.10. The number of aromatic nitrogens is 2. The van der Waals surface area contributed by atoms with Gasteiger partial charge in [-0.1, -0.05) is 18.6 Å². The van der Waals surface area contributed by atoms with E-state index in [2.05, 4.69) is 26.1 Å². The molecule has 0 amide bonds. The average molecular weight is 283 g/mol. The third-order valence-electron chi connectivity index (χ3n) is 2.51. The second kappa shape index (κ2) is 4.37. The van der Waals surface area contributed by atoms with E-state index >= 15 is 0 Å². The Bertz CT molecular complexity index is 520. The van der Waals surface area contributed by atoms with Gasteiger partial charge in [-0.15, -0.1) is 0 Å². The Morgan fingerprint density at radius 3 is 2.81 bits per heavy atom. The standard InChI is InChI=1S/C12H12BrFN2/c1-3-10-11(13)12(16-15-10)8-6-7(2)4-5-9(8)14/h4-6H,3H2,1-2H3,(H,15,16). The van der Waals surface area contributed by atoms with Gasteiger partial charge in [-0.05, 0) is 41.4 Å². The maximum Gasteiger partial charge on any atom is 0.132 e. The van der Waals surface area contributed by atoms with Gasteiger partial charge in [-0.25, -0.2) is 4.39 Å². The summed E-state index contributed by atoms with van der Waals surface area (Å²) in [5, 5.41) is 7.05. The molecule has 0 bridgehead atoms. The number of aromatic amines is 1. The van der Waals surface area contributed by atoms with E-state index in [0.717, 1.165) is 22.2 Å². The topological polar surface area (TPSA) is 28.7 Å². The highest BCUT2D eigenvalue weighted by Crippen LogP contribution is 2.31. The van der Waals surface area contributed by atoms with Crippen LogP contribution < -0.4 is 0 Å². The van der Waals surface area contributed by atoms with Crippen LogP contribution in [-0.2, 0) is 6.42 Å². The van der Waals surface area contributed by atoms with E-state index in [1.54, 1.807) is 12.1 Å². The van der Waals surface area contributed by atoms with E-state index in [1.807, 2.05) is 13.8 Å². The second-order valence-electron chi connectivity index (χ2n) is 3.70. The Morgan fingerprint density at radius 2 is 2.19 bits per heavy atom. The number of nitrogens with zero attached hydrogens (tertiary/aromatic N) is 1. The summed E-state index contributed by atoms with van der Waals surface area (Å²) in [4.78, 5) is 0. The molecule has 1 aromatic heterocycles. The van der Waals surface area contributed by atoms with Gasteiger partial charge in [-0.2, -0.15) is 5.10 Å². The zero-order valence-corrected chi connectivity index (χ0v) is 10.7. The van der Waals surface area contributed by atoms with Gasteiger partial charge in [0.05, 0.1) is 4.47 Å². The Hall–Kier alpha value is -1.16. The molecule has 0 aliphatic carbocycles. The number of nitrogens with one attached hydrogen (secondary N) is 1. The molecular formula is C12H12BrFN2. The van der Waals surface area contributed by atoms with Crippen molar-refractivity contribution in [2.45, 2.75) is 20.3 Å². The van der Waals surface area contributed by atoms with Crippen LogP contribution in [-0.4, -0.2) is 10.2 Å². The number of halogens is 2. The van der Waals surface area contributed by atoms with Crippen LogP contribution in [0.15, 0.2) is 22.7 Å². The molecule has 1 heterocycles. The predicted molar refractivity (Wildman–Crippen MR) is 65.8 cm³/mol. The summed E-state index contributed by atoms with van der Waals surface area (Å²) in [6, 6.07) is 5.02. The van der Waals surface area contributed by atoms with Crippen molar-refractivity contribution in [3.8, 4) is 11.3 Å². The molecule has 0 aliphatic rings. The highest BCUT2D eigenvalue weighted by Gasteiger charge is 2.14. The summed E-state index contributed by atoms with van der Waals surface area (Å²) in [5.41, 5.74) is 3.17. The van der Waals surface area contributed by atoms with E-state index < -0.39 is 0 Å². The van der Waals surface area contributed by atoms with Crippen molar-refractivity contribution in [3.63, 3.8) is 0 Å². The molecule has 2 aromatic rings. The lowest BCUT2D eigenvalue weighted by molar-refractivity contribution is 0.630. The lowest BCUT2D eigenvalue weighted by Crippen LogP contribution is -1.87. The minimum absolute atomic E-state index is 0.250. The quantitative estimate of drug-likeness (QED) is 0.891. The largest absolute Gasteiger partial charge is 0.281 e. The van der Waals surface area contributed by atoms with Crippen LogP contribution in [0.2, 0.25) is 0 Å². The van der Waals surface area contributed by atoms with E-state index in [4.69, 9.17) is 0 Å². The molecule has 0 fully saturated rings. The minimum Gasteiger partial charge on any atom is -0.281 e. The third kappa shape index (κ3) is 1.89. The van der Waals surface area contributed by atoms with Crippen molar-refractivity contribution in [1.82, 2.24) is 10.2 Å². The average Bonchev–Trinajstić information content (AvgIpc) is 2.63. The van der Waals surface area contributed by atoms with Gasteiger partial charge in [-0.3, -0.25) is 5.10 Å². The molecule has 0 atom stereocenters. The first-order valence-electron chi connectivity index (χ1n) is 5.12. The molecule has 0 unspecified atom stereocenters. The molecule has 84 valence electrons. The van der Waals surface area contributed by atoms with E-state index in [0.29, 0.717) is 11.3 Å². The van der Waals surface area contributed by atoms with E-state index in [9.17, 15) is 4.39 Å². The lowest BCUT2D eigenvalue weighted by atomic mass is 10.1. The molecule has 0 aliphatic heterocycles. The first kappa shape index (κ1) is 11.3. The number of benzene rings is 1. The summed E-state index contributed by atoms with van der Waals surface area (Å²) < 4.78 is 14.5. The molecule has 1 N–H and O–H groups in total. The fourth-order valence-electron chi connectivity index (χ4n) is 1.60. The zero-order valence-electron chi connectivity index (χ0n) is 9.14. The summed E-state index contributed by atoms with van der Waals surface area (Å²) in [5.74, 6) is -0.250. The molecule has 4 heteroatoms. The fraction of sp³-hybridized carbons (Fsp3) is 0.250. The SMILES string of the molecule is CCc1[nH]nc(-c2cc(C)ccc2F)c1Br. The molecule has 0 saturated heterocycles. The van der Waals surface area contributed by atoms with Crippen molar-refractivity contribution < 1.29 is 4.39 Å². The number of hydrogen-bond acceptors (Lipinski definition) is 1. The monoisotopic (exact) mass is 282 g/mol. The predicted octanol–water partition coefficient (Wildman–Crippen LogP) is 3.85. The summed E-state index contributed by atoms with van der Waals surface area (Å²) >= 11 is 3.45. The molecule has 2 nitrogen and oxygen atoms in total. The van der Waals surface area contributed by atoms with Crippen molar-refractivity contribution >= 4 is 15.9 Å². The van der Waals surface area contributed by atoms with Crippen molar-refractivity contribution in [2.75, 3.05) is 0 Å². The van der Waals surface area contributed by atoms with Crippen LogP contribution in [0.4, 0.5) is 4.39 Å². The van der Waals surface area contributed by atoms with Gasteiger partial charge >= 0.3 is 0 Å². The summed E-state index contributed by atoms with van der Waals surface area (Å²) in [6.07, 6.45) is 0.834. The second-order valence-corrected chi connectivity index (χ2v) is 4.49. The maximum absolute atomic E-state index is 13.7. The minimum atomic E-state index is -0.250. The fourth-order valence-corrected chi connectivity index (χ4v) is 2.27. The van der Waals surface area contributed by atoms with Crippen LogP contribution >= 0.6 is 15.9 Å². The number of H-pyrrole nitrogens is 1. The van der Waals surface area contributed by atoms with Crippen molar-refractivity contribution in [1.29, 1.82) is 0 Å². The molecule has 1 aromatic carbocycles. The van der Waals surface area contributed by atoms with Crippen LogP contribution in [0.25, 0.3) is 11.3 Å². The van der Waals surface area contributed by atoms with E-state index in [-0.39, 0.29) is 5.82 Å². The summed E-state index contributed by atoms with van der Waals surface area (Å²) in [7, 11) is 0. The van der Waals surface area contributed by atoms with Crippen molar-refractivity contribution in [3.05, 3.63) is 39.7 Å².